The molecule has 4 nitrogen and oxygen atoms in total. The Labute approximate surface area is 166 Å². The van der Waals surface area contributed by atoms with E-state index >= 15 is 0 Å². The van der Waals surface area contributed by atoms with E-state index < -0.39 is 24.0 Å². The van der Waals surface area contributed by atoms with Gasteiger partial charge >= 0.3 is 6.18 Å². The van der Waals surface area contributed by atoms with E-state index in [1.807, 2.05) is 11.8 Å². The molecule has 0 atom stereocenters. The summed E-state index contributed by atoms with van der Waals surface area (Å²) < 4.78 is 57.8. The summed E-state index contributed by atoms with van der Waals surface area (Å²) in [6.45, 7) is 2.14. The number of carbonyl (C=O) groups is 1. The van der Waals surface area contributed by atoms with Gasteiger partial charge in [0.1, 0.15) is 12.3 Å². The summed E-state index contributed by atoms with van der Waals surface area (Å²) in [6.07, 6.45) is -1.03. The first-order valence-corrected chi connectivity index (χ1v) is 9.83. The van der Waals surface area contributed by atoms with E-state index in [1.54, 1.807) is 0 Å². The number of furan rings is 1. The van der Waals surface area contributed by atoms with Crippen LogP contribution < -0.4 is 4.90 Å². The average molecular weight is 415 g/mol. The van der Waals surface area contributed by atoms with Crippen LogP contribution in [0.15, 0.2) is 22.6 Å². The Morgan fingerprint density at radius 3 is 2.55 bits per heavy atom. The molecule has 0 saturated heterocycles. The van der Waals surface area contributed by atoms with Crippen molar-refractivity contribution in [3.63, 3.8) is 0 Å². The standard InChI is InChI=1S/C21H25F4NO3/c1-2-26(10-7-14-5-8-20(28,13-22)9-6-14)19-16-11-15(21(23,24)25)3-4-17(16)29-18(19)12-27/h3-4,11-12,14,28H,2,5-10,13H2,1H3. The predicted octanol–water partition coefficient (Wildman–Crippen LogP) is 5.37. The SMILES string of the molecule is CCN(CCC1CCC(O)(CF)CC1)c1c(C=O)oc2ccc(C(F)(F)F)cc12. The summed E-state index contributed by atoms with van der Waals surface area (Å²) >= 11 is 0. The molecule has 1 saturated carbocycles. The number of alkyl halides is 4. The van der Waals surface area contributed by atoms with Crippen LogP contribution in [0, 0.1) is 5.92 Å². The van der Waals surface area contributed by atoms with Gasteiger partial charge in [0.05, 0.1) is 16.9 Å². The molecule has 0 aliphatic heterocycles. The molecule has 0 bridgehead atoms. The summed E-state index contributed by atoms with van der Waals surface area (Å²) in [5.74, 6) is 0.302. The lowest BCUT2D eigenvalue weighted by Gasteiger charge is -2.35. The van der Waals surface area contributed by atoms with E-state index in [0.29, 0.717) is 56.7 Å². The minimum atomic E-state index is -4.49. The fourth-order valence-corrected chi connectivity index (χ4v) is 4.09. The molecule has 160 valence electrons. The number of aliphatic hydroxyl groups is 1. The maximum atomic E-state index is 13.1. The van der Waals surface area contributed by atoms with E-state index in [2.05, 4.69) is 0 Å². The molecule has 1 N–H and O–H groups in total. The van der Waals surface area contributed by atoms with Crippen molar-refractivity contribution < 1.29 is 31.9 Å². The van der Waals surface area contributed by atoms with Crippen LogP contribution in [-0.4, -0.2) is 36.8 Å². The zero-order chi connectivity index (χ0) is 21.2. The Hall–Kier alpha value is -2.09. The van der Waals surface area contributed by atoms with E-state index in [0.717, 1.165) is 18.6 Å². The van der Waals surface area contributed by atoms with Crippen LogP contribution in [0.1, 0.15) is 55.1 Å². The van der Waals surface area contributed by atoms with Crippen molar-refractivity contribution in [3.8, 4) is 0 Å². The van der Waals surface area contributed by atoms with Gasteiger partial charge in [-0.3, -0.25) is 4.79 Å². The Morgan fingerprint density at radius 2 is 2.00 bits per heavy atom. The number of hydrogen-bond acceptors (Lipinski definition) is 4. The number of nitrogens with zero attached hydrogens (tertiary/aromatic N) is 1. The number of aldehydes is 1. The molecule has 0 spiro atoms. The van der Waals surface area contributed by atoms with Crippen molar-refractivity contribution in [1.82, 2.24) is 0 Å². The summed E-state index contributed by atoms with van der Waals surface area (Å²) in [4.78, 5) is 13.4. The maximum Gasteiger partial charge on any atom is 0.416 e. The van der Waals surface area contributed by atoms with Crippen molar-refractivity contribution in [3.05, 3.63) is 29.5 Å². The predicted molar refractivity (Wildman–Crippen MR) is 102 cm³/mol. The van der Waals surface area contributed by atoms with Crippen molar-refractivity contribution in [2.24, 2.45) is 5.92 Å². The minimum absolute atomic E-state index is 0.0108. The largest absolute Gasteiger partial charge is 0.451 e. The number of anilines is 1. The Morgan fingerprint density at radius 1 is 1.31 bits per heavy atom. The highest BCUT2D eigenvalue weighted by Crippen LogP contribution is 2.39. The second-order valence-corrected chi connectivity index (χ2v) is 7.81. The normalized spacial score (nSPS) is 22.8. The summed E-state index contributed by atoms with van der Waals surface area (Å²) in [6, 6.07) is 3.20. The first-order chi connectivity index (χ1) is 13.7. The lowest BCUT2D eigenvalue weighted by Crippen LogP contribution is -2.37. The molecule has 1 aromatic heterocycles. The first kappa shape index (κ1) is 21.6. The fraction of sp³-hybridized carbons (Fsp3) is 0.571. The molecule has 29 heavy (non-hydrogen) atoms. The van der Waals surface area contributed by atoms with Crippen LogP contribution >= 0.6 is 0 Å². The molecular formula is C21H25F4NO3. The molecular weight excluding hydrogens is 390 g/mol. The highest BCUT2D eigenvalue weighted by atomic mass is 19.4. The molecule has 0 radical (unpaired) electrons. The summed E-state index contributed by atoms with van der Waals surface area (Å²) in [7, 11) is 0. The highest BCUT2D eigenvalue weighted by molar-refractivity contribution is 6.00. The van der Waals surface area contributed by atoms with Gasteiger partial charge in [-0.25, -0.2) is 4.39 Å². The second-order valence-electron chi connectivity index (χ2n) is 7.81. The van der Waals surface area contributed by atoms with E-state index in [9.17, 15) is 27.5 Å². The van der Waals surface area contributed by atoms with E-state index in [1.165, 1.54) is 6.07 Å². The van der Waals surface area contributed by atoms with Crippen LogP contribution in [0.25, 0.3) is 11.0 Å². The van der Waals surface area contributed by atoms with Gasteiger partial charge < -0.3 is 14.4 Å². The van der Waals surface area contributed by atoms with Gasteiger partial charge in [0.25, 0.3) is 0 Å². The van der Waals surface area contributed by atoms with Gasteiger partial charge in [-0.2, -0.15) is 13.2 Å². The van der Waals surface area contributed by atoms with Crippen molar-refractivity contribution in [2.75, 3.05) is 24.7 Å². The molecule has 1 aliphatic rings. The third kappa shape index (κ3) is 4.57. The van der Waals surface area contributed by atoms with Crippen molar-refractivity contribution in [1.29, 1.82) is 0 Å². The Balaban J connectivity index is 1.82. The Kier molecular flexibility index (Phi) is 6.22. The van der Waals surface area contributed by atoms with Crippen LogP contribution in [-0.2, 0) is 6.18 Å². The summed E-state index contributed by atoms with van der Waals surface area (Å²) in [5.41, 5.74) is -1.40. The second kappa shape index (κ2) is 8.34. The van der Waals surface area contributed by atoms with E-state index in [4.69, 9.17) is 4.42 Å². The minimum Gasteiger partial charge on any atom is -0.451 e. The van der Waals surface area contributed by atoms with Gasteiger partial charge in [-0.1, -0.05) is 0 Å². The number of hydrogen-bond donors (Lipinski definition) is 1. The van der Waals surface area contributed by atoms with Crippen LogP contribution in [0.5, 0.6) is 0 Å². The lowest BCUT2D eigenvalue weighted by atomic mass is 9.78. The van der Waals surface area contributed by atoms with Gasteiger partial charge in [0.2, 0.25) is 0 Å². The average Bonchev–Trinajstić information content (AvgIpc) is 3.07. The maximum absolute atomic E-state index is 13.1. The molecule has 1 aromatic carbocycles. The summed E-state index contributed by atoms with van der Waals surface area (Å²) in [5, 5.41) is 10.3. The van der Waals surface area contributed by atoms with Gasteiger partial charge in [0, 0.05) is 18.5 Å². The molecule has 2 aromatic rings. The molecule has 0 amide bonds. The van der Waals surface area contributed by atoms with E-state index in [-0.39, 0.29) is 16.7 Å². The highest BCUT2D eigenvalue weighted by Gasteiger charge is 2.34. The fourth-order valence-electron chi connectivity index (χ4n) is 4.09. The molecule has 1 fully saturated rings. The van der Waals surface area contributed by atoms with Crippen LogP contribution in [0.3, 0.4) is 0 Å². The van der Waals surface area contributed by atoms with Gasteiger partial charge in [-0.15, -0.1) is 0 Å². The molecule has 1 heterocycles. The number of rotatable bonds is 7. The zero-order valence-corrected chi connectivity index (χ0v) is 16.3. The topological polar surface area (TPSA) is 53.7 Å². The van der Waals surface area contributed by atoms with Crippen LogP contribution in [0.2, 0.25) is 0 Å². The first-order valence-electron chi connectivity index (χ1n) is 9.83. The van der Waals surface area contributed by atoms with Crippen molar-refractivity contribution in [2.45, 2.75) is 50.8 Å². The van der Waals surface area contributed by atoms with Gasteiger partial charge in [0.15, 0.2) is 12.0 Å². The number of benzene rings is 1. The molecule has 3 rings (SSSR count). The van der Waals surface area contributed by atoms with Gasteiger partial charge in [-0.05, 0) is 63.1 Å². The monoisotopic (exact) mass is 415 g/mol. The quantitative estimate of drug-likeness (QED) is 0.488. The third-order valence-electron chi connectivity index (χ3n) is 5.91. The zero-order valence-electron chi connectivity index (χ0n) is 16.3. The lowest BCUT2D eigenvalue weighted by molar-refractivity contribution is -0.137. The third-order valence-corrected chi connectivity index (χ3v) is 5.91. The number of halogens is 4. The van der Waals surface area contributed by atoms with Crippen molar-refractivity contribution >= 4 is 22.9 Å². The molecule has 1 aliphatic carbocycles. The Bertz CT molecular complexity index is 853. The number of fused-ring (bicyclic) bond motifs is 1. The van der Waals surface area contributed by atoms with Crippen LogP contribution in [0.4, 0.5) is 23.2 Å². The smallest absolute Gasteiger partial charge is 0.416 e. The number of carbonyl (C=O) groups excluding carboxylic acids is 1. The molecule has 0 unspecified atom stereocenters. The molecule has 8 heteroatoms.